The number of Topliss-reactive ketones (excluding diaryl/α,β-unsaturated/α-hetero) is 1. The molecule has 0 amide bonds. The molecule has 0 radical (unpaired) electrons. The Morgan fingerprint density at radius 3 is 2.55 bits per heavy atom. The molecule has 0 aliphatic heterocycles. The van der Waals surface area contributed by atoms with Crippen molar-refractivity contribution in [3.63, 3.8) is 0 Å². The smallest absolute Gasteiger partial charge is 0.163 e. The molecule has 0 saturated heterocycles. The zero-order valence-corrected chi connectivity index (χ0v) is 6.81. The van der Waals surface area contributed by atoms with Gasteiger partial charge in [-0.25, -0.2) is 0 Å². The van der Waals surface area contributed by atoms with Crippen LogP contribution in [-0.4, -0.2) is 5.78 Å². The lowest BCUT2D eigenvalue weighted by Gasteiger charge is -1.94. The topological polar surface area (TPSA) is 17.1 Å². The van der Waals surface area contributed by atoms with E-state index in [0.717, 1.165) is 17.6 Å². The maximum Gasteiger partial charge on any atom is 0.163 e. The average Bonchev–Trinajstić information content (AvgIpc) is 2.54. The van der Waals surface area contributed by atoms with Gasteiger partial charge in [0.05, 0.1) is 0 Å². The van der Waals surface area contributed by atoms with E-state index in [9.17, 15) is 4.79 Å². The number of rotatable bonds is 1. The predicted octanol–water partition coefficient (Wildman–Crippen LogP) is 2.24. The first kappa shape index (κ1) is 6.84. The molecule has 0 aromatic rings. The highest BCUT2D eigenvalue weighted by molar-refractivity contribution is 6.02. The van der Waals surface area contributed by atoms with E-state index in [1.165, 1.54) is 12.8 Å². The fraction of sp³-hybridized carbons (Fsp3) is 0.500. The Kier molecular flexibility index (Phi) is 1.15. The summed E-state index contributed by atoms with van der Waals surface area (Å²) >= 11 is 0. The van der Waals surface area contributed by atoms with E-state index in [-0.39, 0.29) is 0 Å². The number of ketones is 1. The molecule has 1 fully saturated rings. The van der Waals surface area contributed by atoms with Crippen molar-refractivity contribution in [1.29, 1.82) is 0 Å². The van der Waals surface area contributed by atoms with E-state index in [1.807, 2.05) is 6.92 Å². The third-order valence-electron chi connectivity index (χ3n) is 2.62. The van der Waals surface area contributed by atoms with Gasteiger partial charge in [-0.2, -0.15) is 0 Å². The van der Waals surface area contributed by atoms with Gasteiger partial charge in [-0.1, -0.05) is 12.7 Å². The normalized spacial score (nSPS) is 25.5. The first-order chi connectivity index (χ1) is 5.13. The molecule has 0 unspecified atom stereocenters. The van der Waals surface area contributed by atoms with Gasteiger partial charge in [-0.05, 0) is 30.8 Å². The predicted molar refractivity (Wildman–Crippen MR) is 44.2 cm³/mol. The van der Waals surface area contributed by atoms with E-state index >= 15 is 0 Å². The summed E-state index contributed by atoms with van der Waals surface area (Å²) in [5, 5.41) is 0. The van der Waals surface area contributed by atoms with Crippen molar-refractivity contribution in [2.24, 2.45) is 5.41 Å². The first-order valence-corrected chi connectivity index (χ1v) is 4.05. The van der Waals surface area contributed by atoms with Crippen molar-refractivity contribution >= 4 is 5.78 Å². The lowest BCUT2D eigenvalue weighted by molar-refractivity contribution is -0.115. The quantitative estimate of drug-likeness (QED) is 0.557. The van der Waals surface area contributed by atoms with Crippen LogP contribution in [0.1, 0.15) is 26.2 Å². The number of hydrogen-bond acceptors (Lipinski definition) is 1. The van der Waals surface area contributed by atoms with Crippen molar-refractivity contribution < 1.29 is 4.79 Å². The van der Waals surface area contributed by atoms with Gasteiger partial charge in [0.2, 0.25) is 0 Å². The minimum absolute atomic E-state index is 0.297. The molecule has 0 aromatic heterocycles. The molecule has 58 valence electrons. The maximum atomic E-state index is 11.3. The summed E-state index contributed by atoms with van der Waals surface area (Å²) in [6.45, 7) is 5.70. The molecule has 0 bridgehead atoms. The van der Waals surface area contributed by atoms with E-state index < -0.39 is 0 Å². The minimum Gasteiger partial charge on any atom is -0.294 e. The molecule has 0 aromatic carbocycles. The van der Waals surface area contributed by atoms with Crippen LogP contribution in [0.2, 0.25) is 0 Å². The van der Waals surface area contributed by atoms with E-state index in [2.05, 4.69) is 12.7 Å². The lowest BCUT2D eigenvalue weighted by atomic mass is 10.1. The zero-order chi connectivity index (χ0) is 8.06. The second-order valence-corrected chi connectivity index (χ2v) is 3.80. The van der Waals surface area contributed by atoms with Crippen molar-refractivity contribution in [2.75, 3.05) is 0 Å². The molecule has 0 N–H and O–H groups in total. The summed E-state index contributed by atoms with van der Waals surface area (Å²) in [4.78, 5) is 11.3. The highest BCUT2D eigenvalue weighted by Gasteiger charge is 2.47. The molecule has 1 saturated carbocycles. The Morgan fingerprint density at radius 2 is 2.27 bits per heavy atom. The molecular weight excluding hydrogens is 136 g/mol. The van der Waals surface area contributed by atoms with Crippen LogP contribution in [0.15, 0.2) is 23.8 Å². The van der Waals surface area contributed by atoms with Crippen molar-refractivity contribution in [3.05, 3.63) is 23.8 Å². The molecule has 0 atom stereocenters. The standard InChI is InChI=1S/C10H12O/c1-7(2)8-5-10(3-4-10)6-9(8)11/h5H,1,3-4,6H2,2H3. The Balaban J connectivity index is 2.32. The molecule has 2 aliphatic carbocycles. The van der Waals surface area contributed by atoms with Crippen LogP contribution in [0.5, 0.6) is 0 Å². The Bertz CT molecular complexity index is 267. The molecule has 2 rings (SSSR count). The summed E-state index contributed by atoms with van der Waals surface area (Å²) in [6.07, 6.45) is 5.29. The SMILES string of the molecule is C=C(C)C1=CC2(CC2)CC1=O. The molecule has 1 heteroatoms. The molecule has 2 aliphatic rings. The summed E-state index contributed by atoms with van der Waals surface area (Å²) in [7, 11) is 0. The van der Waals surface area contributed by atoms with Crippen molar-refractivity contribution in [2.45, 2.75) is 26.2 Å². The van der Waals surface area contributed by atoms with E-state index in [0.29, 0.717) is 11.2 Å². The average molecular weight is 148 g/mol. The van der Waals surface area contributed by atoms with Gasteiger partial charge in [-0.15, -0.1) is 0 Å². The van der Waals surface area contributed by atoms with E-state index in [1.54, 1.807) is 0 Å². The second kappa shape index (κ2) is 1.84. The molecular formula is C10H12O. The lowest BCUT2D eigenvalue weighted by Crippen LogP contribution is -1.98. The second-order valence-electron chi connectivity index (χ2n) is 3.80. The molecule has 1 nitrogen and oxygen atoms in total. The molecule has 0 heterocycles. The van der Waals surface area contributed by atoms with Gasteiger partial charge in [-0.3, -0.25) is 4.79 Å². The van der Waals surface area contributed by atoms with Gasteiger partial charge in [0.15, 0.2) is 5.78 Å². The van der Waals surface area contributed by atoms with Crippen LogP contribution in [0, 0.1) is 5.41 Å². The highest BCUT2D eigenvalue weighted by Crippen LogP contribution is 2.55. The third kappa shape index (κ3) is 0.953. The van der Waals surface area contributed by atoms with Gasteiger partial charge in [0, 0.05) is 12.0 Å². The zero-order valence-electron chi connectivity index (χ0n) is 6.81. The number of carbonyl (C=O) groups excluding carboxylic acids is 1. The number of allylic oxidation sites excluding steroid dienone is 3. The number of hydrogen-bond donors (Lipinski definition) is 0. The first-order valence-electron chi connectivity index (χ1n) is 4.05. The maximum absolute atomic E-state index is 11.3. The van der Waals surface area contributed by atoms with Crippen LogP contribution in [0.25, 0.3) is 0 Å². The summed E-state index contributed by atoms with van der Waals surface area (Å²) in [6, 6.07) is 0. The highest BCUT2D eigenvalue weighted by atomic mass is 16.1. The fourth-order valence-electron chi connectivity index (χ4n) is 1.70. The Labute approximate surface area is 66.8 Å². The van der Waals surface area contributed by atoms with Crippen LogP contribution in [0.4, 0.5) is 0 Å². The van der Waals surface area contributed by atoms with Crippen LogP contribution >= 0.6 is 0 Å². The summed E-state index contributed by atoms with van der Waals surface area (Å²) < 4.78 is 0. The fourth-order valence-corrected chi connectivity index (χ4v) is 1.70. The van der Waals surface area contributed by atoms with Gasteiger partial charge >= 0.3 is 0 Å². The third-order valence-corrected chi connectivity index (χ3v) is 2.62. The van der Waals surface area contributed by atoms with Crippen molar-refractivity contribution in [3.8, 4) is 0 Å². The monoisotopic (exact) mass is 148 g/mol. The summed E-state index contributed by atoms with van der Waals surface area (Å²) in [5.41, 5.74) is 2.12. The largest absolute Gasteiger partial charge is 0.294 e. The van der Waals surface area contributed by atoms with Crippen LogP contribution in [0.3, 0.4) is 0 Å². The Hall–Kier alpha value is -0.850. The van der Waals surface area contributed by atoms with E-state index in [4.69, 9.17) is 0 Å². The van der Waals surface area contributed by atoms with Gasteiger partial charge in [0.25, 0.3) is 0 Å². The van der Waals surface area contributed by atoms with Crippen LogP contribution < -0.4 is 0 Å². The number of carbonyl (C=O) groups is 1. The van der Waals surface area contributed by atoms with Crippen LogP contribution in [-0.2, 0) is 4.79 Å². The van der Waals surface area contributed by atoms with Gasteiger partial charge < -0.3 is 0 Å². The minimum atomic E-state index is 0.297. The van der Waals surface area contributed by atoms with Crippen molar-refractivity contribution in [1.82, 2.24) is 0 Å². The van der Waals surface area contributed by atoms with Gasteiger partial charge in [0.1, 0.15) is 0 Å². The molecule has 1 spiro atoms. The Morgan fingerprint density at radius 1 is 1.64 bits per heavy atom. The summed E-state index contributed by atoms with van der Waals surface area (Å²) in [5.74, 6) is 0.301. The molecule has 11 heavy (non-hydrogen) atoms.